The zero-order valence-corrected chi connectivity index (χ0v) is 12.1. The Labute approximate surface area is 128 Å². The second-order valence-corrected chi connectivity index (χ2v) is 4.82. The number of rotatable bonds is 5. The molecule has 0 saturated carbocycles. The number of aromatic nitrogens is 1. The molecule has 5 nitrogen and oxygen atoms in total. The van der Waals surface area contributed by atoms with E-state index in [0.29, 0.717) is 17.3 Å². The fourth-order valence-electron chi connectivity index (χ4n) is 1.84. The average molecular weight is 306 g/mol. The van der Waals surface area contributed by atoms with Crippen molar-refractivity contribution < 1.29 is 9.90 Å². The number of aliphatic hydroxyl groups is 1. The number of carbonyl (C=O) groups excluding carboxylic acids is 1. The van der Waals surface area contributed by atoms with E-state index in [1.54, 1.807) is 42.7 Å². The van der Waals surface area contributed by atoms with Crippen molar-refractivity contribution in [1.82, 2.24) is 9.88 Å². The molecule has 0 aliphatic heterocycles. The van der Waals surface area contributed by atoms with Crippen molar-refractivity contribution in [2.45, 2.75) is 6.54 Å². The molecule has 0 fully saturated rings. The monoisotopic (exact) mass is 305 g/mol. The van der Waals surface area contributed by atoms with Gasteiger partial charge in [0.1, 0.15) is 0 Å². The number of anilines is 1. The highest BCUT2D eigenvalue weighted by Gasteiger charge is 2.14. The van der Waals surface area contributed by atoms with Gasteiger partial charge in [0, 0.05) is 25.5 Å². The number of carbonyl (C=O) groups is 1. The summed E-state index contributed by atoms with van der Waals surface area (Å²) in [6, 6.07) is 10.4. The Kier molecular flexibility index (Phi) is 5.54. The van der Waals surface area contributed by atoms with Crippen LogP contribution >= 0.6 is 11.6 Å². The van der Waals surface area contributed by atoms with E-state index in [9.17, 15) is 4.79 Å². The summed E-state index contributed by atoms with van der Waals surface area (Å²) in [5.41, 5.74) is 1.43. The molecular formula is C15H16ClN3O2. The van der Waals surface area contributed by atoms with Gasteiger partial charge in [-0.3, -0.25) is 4.98 Å². The third-order valence-electron chi connectivity index (χ3n) is 2.87. The first-order valence-electron chi connectivity index (χ1n) is 6.51. The highest BCUT2D eigenvalue weighted by atomic mass is 35.5. The largest absolute Gasteiger partial charge is 0.395 e. The van der Waals surface area contributed by atoms with Crippen LogP contribution in [-0.2, 0) is 6.54 Å². The normalized spacial score (nSPS) is 10.2. The van der Waals surface area contributed by atoms with Crippen molar-refractivity contribution in [3.63, 3.8) is 0 Å². The van der Waals surface area contributed by atoms with E-state index in [4.69, 9.17) is 16.7 Å². The van der Waals surface area contributed by atoms with Gasteiger partial charge in [-0.25, -0.2) is 4.79 Å². The van der Waals surface area contributed by atoms with Gasteiger partial charge in [0.2, 0.25) is 0 Å². The Morgan fingerprint density at radius 2 is 2.10 bits per heavy atom. The van der Waals surface area contributed by atoms with E-state index >= 15 is 0 Å². The van der Waals surface area contributed by atoms with E-state index < -0.39 is 0 Å². The number of nitrogens with one attached hydrogen (secondary N) is 1. The number of pyridine rings is 1. The van der Waals surface area contributed by atoms with Crippen molar-refractivity contribution in [2.24, 2.45) is 0 Å². The lowest BCUT2D eigenvalue weighted by Crippen LogP contribution is -2.36. The molecule has 0 radical (unpaired) electrons. The van der Waals surface area contributed by atoms with Crippen LogP contribution in [0.4, 0.5) is 10.5 Å². The van der Waals surface area contributed by atoms with Gasteiger partial charge in [-0.15, -0.1) is 0 Å². The Hall–Kier alpha value is -2.11. The SMILES string of the molecule is O=C(Nc1ccccc1Cl)N(CCO)Cc1cccnc1. The summed E-state index contributed by atoms with van der Waals surface area (Å²) in [6.07, 6.45) is 3.36. The zero-order chi connectivity index (χ0) is 15.1. The van der Waals surface area contributed by atoms with Crippen LogP contribution in [0.2, 0.25) is 5.02 Å². The number of benzene rings is 1. The van der Waals surface area contributed by atoms with Crippen molar-refractivity contribution in [1.29, 1.82) is 0 Å². The van der Waals surface area contributed by atoms with E-state index in [1.807, 2.05) is 6.07 Å². The molecule has 0 saturated heterocycles. The summed E-state index contributed by atoms with van der Waals surface area (Å²) in [4.78, 5) is 17.8. The molecule has 0 unspecified atom stereocenters. The molecule has 2 rings (SSSR count). The van der Waals surface area contributed by atoms with Crippen molar-refractivity contribution in [2.75, 3.05) is 18.5 Å². The molecule has 0 aliphatic rings. The third-order valence-corrected chi connectivity index (χ3v) is 3.20. The quantitative estimate of drug-likeness (QED) is 0.892. The van der Waals surface area contributed by atoms with Gasteiger partial charge in [0.05, 0.1) is 17.3 Å². The minimum absolute atomic E-state index is 0.115. The standard InChI is InChI=1S/C15H16ClN3O2/c16-13-5-1-2-6-14(13)18-15(21)19(8-9-20)11-12-4-3-7-17-10-12/h1-7,10,20H,8-9,11H2,(H,18,21). The number of aliphatic hydroxyl groups excluding tert-OH is 1. The number of para-hydroxylation sites is 1. The van der Waals surface area contributed by atoms with Gasteiger partial charge < -0.3 is 15.3 Å². The lowest BCUT2D eigenvalue weighted by atomic mass is 10.2. The second-order valence-electron chi connectivity index (χ2n) is 4.42. The topological polar surface area (TPSA) is 65.5 Å². The van der Waals surface area contributed by atoms with Gasteiger partial charge >= 0.3 is 6.03 Å². The number of nitrogens with zero attached hydrogens (tertiary/aromatic N) is 2. The van der Waals surface area contributed by atoms with Gasteiger partial charge in [-0.1, -0.05) is 29.8 Å². The first kappa shape index (κ1) is 15.3. The molecule has 110 valence electrons. The summed E-state index contributed by atoms with van der Waals surface area (Å²) in [7, 11) is 0. The molecule has 6 heteroatoms. The van der Waals surface area contributed by atoms with E-state index in [1.165, 1.54) is 4.90 Å². The number of amides is 2. The fraction of sp³-hybridized carbons (Fsp3) is 0.200. The van der Waals surface area contributed by atoms with Gasteiger partial charge in [0.25, 0.3) is 0 Å². The summed E-state index contributed by atoms with van der Waals surface area (Å²) in [5.74, 6) is 0. The summed E-state index contributed by atoms with van der Waals surface area (Å²) < 4.78 is 0. The molecule has 2 amide bonds. The molecule has 0 atom stereocenters. The average Bonchev–Trinajstić information content (AvgIpc) is 2.50. The first-order chi connectivity index (χ1) is 10.2. The minimum atomic E-state index is -0.319. The maximum absolute atomic E-state index is 12.3. The predicted octanol–water partition coefficient (Wildman–Crippen LogP) is 2.76. The van der Waals surface area contributed by atoms with Gasteiger partial charge in [-0.2, -0.15) is 0 Å². The van der Waals surface area contributed by atoms with Gasteiger partial charge in [0.15, 0.2) is 0 Å². The molecular weight excluding hydrogens is 290 g/mol. The Balaban J connectivity index is 2.07. The molecule has 1 aromatic heterocycles. The smallest absolute Gasteiger partial charge is 0.322 e. The van der Waals surface area contributed by atoms with Crippen LogP contribution in [0, 0.1) is 0 Å². The molecule has 0 aliphatic carbocycles. The highest BCUT2D eigenvalue weighted by molar-refractivity contribution is 6.33. The Morgan fingerprint density at radius 1 is 1.29 bits per heavy atom. The third kappa shape index (κ3) is 4.44. The van der Waals surface area contributed by atoms with E-state index in [0.717, 1.165) is 5.56 Å². The Morgan fingerprint density at radius 3 is 2.76 bits per heavy atom. The number of hydrogen-bond acceptors (Lipinski definition) is 3. The van der Waals surface area contributed by atoms with E-state index in [-0.39, 0.29) is 19.2 Å². The van der Waals surface area contributed by atoms with Gasteiger partial charge in [-0.05, 0) is 23.8 Å². The number of halogens is 1. The lowest BCUT2D eigenvalue weighted by molar-refractivity contribution is 0.185. The number of hydrogen-bond donors (Lipinski definition) is 2. The maximum atomic E-state index is 12.3. The summed E-state index contributed by atoms with van der Waals surface area (Å²) >= 11 is 6.02. The van der Waals surface area contributed by atoms with Crippen LogP contribution in [-0.4, -0.2) is 34.2 Å². The molecule has 2 aromatic rings. The molecule has 1 aromatic carbocycles. The summed E-state index contributed by atoms with van der Waals surface area (Å²) in [6.45, 7) is 0.478. The van der Waals surface area contributed by atoms with Crippen molar-refractivity contribution >= 4 is 23.3 Å². The molecule has 2 N–H and O–H groups in total. The lowest BCUT2D eigenvalue weighted by Gasteiger charge is -2.22. The highest BCUT2D eigenvalue weighted by Crippen LogP contribution is 2.21. The molecule has 21 heavy (non-hydrogen) atoms. The summed E-state index contributed by atoms with van der Waals surface area (Å²) in [5, 5.41) is 12.3. The van der Waals surface area contributed by atoms with Crippen LogP contribution in [0.25, 0.3) is 0 Å². The first-order valence-corrected chi connectivity index (χ1v) is 6.88. The maximum Gasteiger partial charge on any atom is 0.322 e. The fourth-order valence-corrected chi connectivity index (χ4v) is 2.02. The minimum Gasteiger partial charge on any atom is -0.395 e. The zero-order valence-electron chi connectivity index (χ0n) is 11.4. The van der Waals surface area contributed by atoms with Crippen LogP contribution in [0.3, 0.4) is 0 Å². The van der Waals surface area contributed by atoms with Crippen molar-refractivity contribution in [3.05, 3.63) is 59.4 Å². The van der Waals surface area contributed by atoms with Crippen LogP contribution in [0.15, 0.2) is 48.8 Å². The number of urea groups is 1. The van der Waals surface area contributed by atoms with Crippen LogP contribution < -0.4 is 5.32 Å². The molecule has 0 bridgehead atoms. The molecule has 1 heterocycles. The van der Waals surface area contributed by atoms with Crippen LogP contribution in [0.5, 0.6) is 0 Å². The predicted molar refractivity (Wildman–Crippen MR) is 82.2 cm³/mol. The Bertz CT molecular complexity index is 592. The van der Waals surface area contributed by atoms with Crippen molar-refractivity contribution in [3.8, 4) is 0 Å². The molecule has 0 spiro atoms. The second kappa shape index (κ2) is 7.61. The van der Waals surface area contributed by atoms with Crippen LogP contribution in [0.1, 0.15) is 5.56 Å². The van der Waals surface area contributed by atoms with E-state index in [2.05, 4.69) is 10.3 Å².